The van der Waals surface area contributed by atoms with E-state index in [4.69, 9.17) is 0 Å². The number of piperidine rings is 2. The van der Waals surface area contributed by atoms with E-state index >= 15 is 0 Å². The molecular formula is C30H34F4N6O4S. The van der Waals surface area contributed by atoms with Gasteiger partial charge >= 0.3 is 5.97 Å². The van der Waals surface area contributed by atoms with E-state index in [9.17, 15) is 30.8 Å². The van der Waals surface area contributed by atoms with Crippen molar-refractivity contribution in [3.8, 4) is 16.8 Å². The highest BCUT2D eigenvalue weighted by Gasteiger charge is 2.44. The summed E-state index contributed by atoms with van der Waals surface area (Å²) in [6, 6.07) is 7.85. The van der Waals surface area contributed by atoms with E-state index in [1.54, 1.807) is 40.0 Å². The summed E-state index contributed by atoms with van der Waals surface area (Å²) >= 11 is 0. The van der Waals surface area contributed by atoms with Gasteiger partial charge in [0.25, 0.3) is 12.3 Å². The van der Waals surface area contributed by atoms with Gasteiger partial charge in [0.1, 0.15) is 11.5 Å². The number of anilines is 3. The highest BCUT2D eigenvalue weighted by molar-refractivity contribution is 7.93. The van der Waals surface area contributed by atoms with E-state index in [2.05, 4.69) is 24.4 Å². The second kappa shape index (κ2) is 11.8. The number of sulfonamides is 1. The molecule has 2 saturated heterocycles. The van der Waals surface area contributed by atoms with Crippen LogP contribution in [0.1, 0.15) is 50.6 Å². The van der Waals surface area contributed by atoms with Crippen LogP contribution in [0.3, 0.4) is 0 Å². The predicted octanol–water partition coefficient (Wildman–Crippen LogP) is 5.40. The number of methoxy groups -OCH3 is 1. The van der Waals surface area contributed by atoms with Crippen LogP contribution in [0.2, 0.25) is 0 Å². The van der Waals surface area contributed by atoms with Gasteiger partial charge in [-0.25, -0.2) is 35.6 Å². The van der Waals surface area contributed by atoms with Gasteiger partial charge in [-0.3, -0.25) is 9.52 Å². The first kappa shape index (κ1) is 31.1. The molecule has 0 amide bonds. The van der Waals surface area contributed by atoms with Crippen LogP contribution in [-0.4, -0.2) is 74.1 Å². The Morgan fingerprint density at radius 2 is 1.64 bits per heavy atom. The molecule has 242 valence electrons. The lowest BCUT2D eigenvalue weighted by molar-refractivity contribution is -0.137. The summed E-state index contributed by atoms with van der Waals surface area (Å²) in [5.41, 5.74) is 2.50. The van der Waals surface area contributed by atoms with Crippen LogP contribution in [0, 0.1) is 5.41 Å². The molecule has 1 spiro atoms. The van der Waals surface area contributed by atoms with Crippen LogP contribution in [0.5, 0.6) is 0 Å². The molecule has 15 heteroatoms. The average Bonchev–Trinajstić information content (AvgIpc) is 3.56. The Bertz CT molecular complexity index is 1670. The molecule has 3 aromatic rings. The number of pyridine rings is 1. The number of nitrogens with zero attached hydrogens (tertiary/aromatic N) is 5. The molecule has 3 fully saturated rings. The predicted molar refractivity (Wildman–Crippen MR) is 161 cm³/mol. The number of carbonyl (C=O) groups is 1. The minimum Gasteiger partial charge on any atom is -0.468 e. The molecule has 1 N–H and O–H groups in total. The van der Waals surface area contributed by atoms with Crippen molar-refractivity contribution in [3.63, 3.8) is 0 Å². The summed E-state index contributed by atoms with van der Waals surface area (Å²) in [6.45, 7) is 1.53. The molecule has 2 aliphatic heterocycles. The molecule has 6 rings (SSSR count). The van der Waals surface area contributed by atoms with Gasteiger partial charge in [-0.2, -0.15) is 5.10 Å². The molecule has 1 aliphatic carbocycles. The first-order chi connectivity index (χ1) is 21.3. The van der Waals surface area contributed by atoms with Crippen molar-refractivity contribution >= 4 is 33.2 Å². The number of hydrogen-bond acceptors (Lipinski definition) is 8. The summed E-state index contributed by atoms with van der Waals surface area (Å²) in [7, 11) is -2.91. The molecule has 1 aromatic carbocycles. The number of benzene rings is 1. The van der Waals surface area contributed by atoms with Gasteiger partial charge < -0.3 is 14.5 Å². The maximum Gasteiger partial charge on any atom is 0.322 e. The normalized spacial score (nSPS) is 19.2. The average molecular weight is 651 g/mol. The van der Waals surface area contributed by atoms with E-state index in [1.165, 1.54) is 25.1 Å². The van der Waals surface area contributed by atoms with Gasteiger partial charge in [-0.1, -0.05) is 0 Å². The van der Waals surface area contributed by atoms with E-state index in [-0.39, 0.29) is 37.4 Å². The summed E-state index contributed by atoms with van der Waals surface area (Å²) in [6.07, 6.45) is 4.03. The van der Waals surface area contributed by atoms with Gasteiger partial charge in [-0.15, -0.1) is 0 Å². The maximum atomic E-state index is 13.9. The third-order valence-corrected chi connectivity index (χ3v) is 10.1. The van der Waals surface area contributed by atoms with Crippen molar-refractivity contribution in [2.24, 2.45) is 5.41 Å². The van der Waals surface area contributed by atoms with E-state index in [0.717, 1.165) is 38.7 Å². The lowest BCUT2D eigenvalue weighted by atomic mass is 9.93. The third kappa shape index (κ3) is 7.02. The fourth-order valence-electron chi connectivity index (χ4n) is 6.01. The lowest BCUT2D eigenvalue weighted by Crippen LogP contribution is -2.39. The van der Waals surface area contributed by atoms with Crippen LogP contribution in [0.25, 0.3) is 16.8 Å². The number of carbonyl (C=O) groups excluding carboxylic acids is 1. The van der Waals surface area contributed by atoms with Crippen LogP contribution >= 0.6 is 0 Å². The van der Waals surface area contributed by atoms with Crippen LogP contribution < -0.4 is 14.5 Å². The fourth-order valence-corrected chi connectivity index (χ4v) is 6.99. The van der Waals surface area contributed by atoms with Gasteiger partial charge in [0.05, 0.1) is 30.4 Å². The van der Waals surface area contributed by atoms with Gasteiger partial charge in [0.15, 0.2) is 5.75 Å². The number of nitrogens with one attached hydrogen (secondary N) is 1. The molecule has 4 heterocycles. The monoisotopic (exact) mass is 650 g/mol. The summed E-state index contributed by atoms with van der Waals surface area (Å²) in [5.74, 6) is -4.30. The van der Waals surface area contributed by atoms with Gasteiger partial charge in [-0.05, 0) is 67.0 Å². The van der Waals surface area contributed by atoms with Crippen molar-refractivity contribution in [3.05, 3.63) is 48.4 Å². The van der Waals surface area contributed by atoms with Crippen molar-refractivity contribution in [2.75, 3.05) is 53.6 Å². The zero-order valence-corrected chi connectivity index (χ0v) is 25.5. The van der Waals surface area contributed by atoms with Gasteiger partial charge in [0.2, 0.25) is 10.0 Å². The van der Waals surface area contributed by atoms with Crippen molar-refractivity contribution in [1.29, 1.82) is 0 Å². The number of ether oxygens (including phenoxy) is 1. The van der Waals surface area contributed by atoms with Crippen LogP contribution in [-0.2, 0) is 19.6 Å². The zero-order valence-electron chi connectivity index (χ0n) is 24.7. The largest absolute Gasteiger partial charge is 0.468 e. The zero-order chi connectivity index (χ0) is 32.0. The van der Waals surface area contributed by atoms with Crippen molar-refractivity contribution in [1.82, 2.24) is 14.8 Å². The Kier molecular flexibility index (Phi) is 8.16. The number of alkyl halides is 4. The number of halogens is 4. The molecule has 2 aromatic heterocycles. The minimum atomic E-state index is -4.02. The number of esters is 1. The Morgan fingerprint density at radius 1 is 0.956 bits per heavy atom. The lowest BCUT2D eigenvalue weighted by Gasteiger charge is -2.35. The molecule has 0 radical (unpaired) electrons. The second-order valence-corrected chi connectivity index (χ2v) is 13.8. The Labute approximate surface area is 258 Å². The quantitative estimate of drug-likeness (QED) is 0.242. The molecule has 1 saturated carbocycles. The number of rotatable bonds is 9. The Morgan fingerprint density at radius 3 is 2.29 bits per heavy atom. The molecular weight excluding hydrogens is 616 g/mol. The van der Waals surface area contributed by atoms with Gasteiger partial charge in [0, 0.05) is 50.8 Å². The van der Waals surface area contributed by atoms with E-state index in [0.29, 0.717) is 22.2 Å². The fraction of sp³-hybridized carbons (Fsp3) is 0.500. The van der Waals surface area contributed by atoms with Crippen LogP contribution in [0.15, 0.2) is 42.7 Å². The minimum absolute atomic E-state index is 0.00159. The molecule has 45 heavy (non-hydrogen) atoms. The Hall–Kier alpha value is -3.88. The summed E-state index contributed by atoms with van der Waals surface area (Å²) in [5, 5.41) is 4.52. The third-order valence-electron chi connectivity index (χ3n) is 8.94. The summed E-state index contributed by atoms with van der Waals surface area (Å²) < 4.78 is 88.9. The SMILES string of the molecule is COC(=O)CS(=O)(=O)Nc1ccc(-n2cc(-c3cc(C(F)F)nc(N4CCC(F)(F)CC4)c3)cn2)c(N2CCC3(CC2)CC3)c1. The molecule has 0 atom stereocenters. The number of aromatic nitrogens is 3. The molecule has 0 bridgehead atoms. The first-order valence-corrected chi connectivity index (χ1v) is 16.4. The smallest absolute Gasteiger partial charge is 0.322 e. The highest BCUT2D eigenvalue weighted by atomic mass is 32.2. The summed E-state index contributed by atoms with van der Waals surface area (Å²) in [4.78, 5) is 19.4. The molecule has 3 aliphatic rings. The van der Waals surface area contributed by atoms with E-state index < -0.39 is 39.8 Å². The van der Waals surface area contributed by atoms with Crippen molar-refractivity contribution in [2.45, 2.75) is 50.9 Å². The van der Waals surface area contributed by atoms with Crippen molar-refractivity contribution < 1.29 is 35.5 Å². The number of hydrogen-bond donors (Lipinski definition) is 1. The van der Waals surface area contributed by atoms with E-state index in [1.807, 2.05) is 0 Å². The standard InChI is InChI=1S/C30H34F4N6O4S/c1-44-27(41)19-45(42,43)37-22-2-3-24(25(16-22)38-10-6-29(4-5-29)7-11-38)40-18-21(17-35-40)20-14-23(28(31)32)36-26(15-20)39-12-8-30(33,34)9-13-39/h2-3,14-18,28,37H,4-13,19H2,1H3. The molecule has 10 nitrogen and oxygen atoms in total. The molecule has 0 unspecified atom stereocenters. The van der Waals surface area contributed by atoms with Crippen LogP contribution in [0.4, 0.5) is 34.8 Å². The Balaban J connectivity index is 1.32. The first-order valence-electron chi connectivity index (χ1n) is 14.8. The highest BCUT2D eigenvalue weighted by Crippen LogP contribution is 2.54. The second-order valence-electron chi connectivity index (χ2n) is 12.1. The topological polar surface area (TPSA) is 110 Å². The maximum absolute atomic E-state index is 13.9.